The zero-order chi connectivity index (χ0) is 9.80. The van der Waals surface area contributed by atoms with E-state index in [4.69, 9.17) is 0 Å². The quantitative estimate of drug-likeness (QED) is 0.771. The Morgan fingerprint density at radius 2 is 1.79 bits per heavy atom. The van der Waals surface area contributed by atoms with E-state index in [1.807, 2.05) is 0 Å². The molecule has 1 aromatic rings. The average Bonchev–Trinajstić information content (AvgIpc) is 2.23. The summed E-state index contributed by atoms with van der Waals surface area (Å²) in [5.74, 6) is 2.59. The lowest BCUT2D eigenvalue weighted by molar-refractivity contribution is 0.294. The third-order valence-corrected chi connectivity index (χ3v) is 4.08. The first-order valence-corrected chi connectivity index (χ1v) is 7.12. The molecule has 1 fully saturated rings. The van der Waals surface area contributed by atoms with Gasteiger partial charge >= 0.3 is 0 Å². The van der Waals surface area contributed by atoms with Crippen LogP contribution in [0.4, 0.5) is 0 Å². The minimum atomic E-state index is 1.12. The second-order valence-electron chi connectivity index (χ2n) is 3.51. The van der Waals surface area contributed by atoms with Gasteiger partial charge in [0.2, 0.25) is 0 Å². The van der Waals surface area contributed by atoms with Crippen molar-refractivity contribution in [1.29, 1.82) is 0 Å². The summed E-state index contributed by atoms with van der Waals surface area (Å²) < 4.78 is 1.32. The number of halogens is 1. The lowest BCUT2D eigenvalue weighted by Gasteiger charge is -2.26. The maximum atomic E-state index is 2.54. The van der Waals surface area contributed by atoms with Gasteiger partial charge in [-0.15, -0.1) is 0 Å². The van der Waals surface area contributed by atoms with E-state index in [9.17, 15) is 0 Å². The predicted octanol–water partition coefficient (Wildman–Crippen LogP) is 2.84. The summed E-state index contributed by atoms with van der Waals surface area (Å²) in [5.41, 5.74) is 1.44. The molecule has 1 aliphatic rings. The first-order chi connectivity index (χ1) is 6.84. The summed E-state index contributed by atoms with van der Waals surface area (Å²) in [6, 6.07) is 8.86. The van der Waals surface area contributed by atoms with Crippen molar-refractivity contribution < 1.29 is 0 Å². The molecule has 0 spiro atoms. The van der Waals surface area contributed by atoms with Crippen LogP contribution >= 0.6 is 34.4 Å². The highest BCUT2D eigenvalue weighted by Gasteiger charge is 2.09. The number of nitrogens with zero attached hydrogens (tertiary/aromatic N) is 1. The first-order valence-electron chi connectivity index (χ1n) is 4.89. The monoisotopic (exact) mass is 319 g/mol. The van der Waals surface area contributed by atoms with Crippen LogP contribution in [0.1, 0.15) is 5.56 Å². The van der Waals surface area contributed by atoms with Crippen LogP contribution in [0, 0.1) is 3.57 Å². The maximum absolute atomic E-state index is 2.54. The van der Waals surface area contributed by atoms with Crippen LogP contribution < -0.4 is 0 Å². The average molecular weight is 319 g/mol. The molecule has 0 aliphatic carbocycles. The van der Waals surface area contributed by atoms with E-state index < -0.39 is 0 Å². The Morgan fingerprint density at radius 3 is 2.43 bits per heavy atom. The van der Waals surface area contributed by atoms with Crippen LogP contribution in [-0.2, 0) is 6.54 Å². The number of hydrogen-bond donors (Lipinski definition) is 0. The van der Waals surface area contributed by atoms with Crippen molar-refractivity contribution in [2.24, 2.45) is 0 Å². The topological polar surface area (TPSA) is 3.24 Å². The molecule has 0 bridgehead atoms. The van der Waals surface area contributed by atoms with Crippen LogP contribution in [-0.4, -0.2) is 29.5 Å². The van der Waals surface area contributed by atoms with Crippen molar-refractivity contribution in [3.8, 4) is 0 Å². The smallest absolute Gasteiger partial charge is 0.0234 e. The van der Waals surface area contributed by atoms with Crippen LogP contribution in [0.25, 0.3) is 0 Å². The maximum Gasteiger partial charge on any atom is 0.0234 e. The zero-order valence-corrected chi connectivity index (χ0v) is 11.1. The van der Waals surface area contributed by atoms with E-state index in [0.29, 0.717) is 0 Å². The fraction of sp³-hybridized carbons (Fsp3) is 0.455. The molecule has 2 rings (SSSR count). The molecule has 0 unspecified atom stereocenters. The van der Waals surface area contributed by atoms with Gasteiger partial charge in [-0.05, 0) is 40.3 Å². The minimum absolute atomic E-state index is 1.12. The normalized spacial score (nSPS) is 18.4. The van der Waals surface area contributed by atoms with E-state index in [1.165, 1.54) is 33.7 Å². The van der Waals surface area contributed by atoms with Gasteiger partial charge in [-0.1, -0.05) is 12.1 Å². The van der Waals surface area contributed by atoms with Gasteiger partial charge in [0.15, 0.2) is 0 Å². The minimum Gasteiger partial charge on any atom is -0.297 e. The molecule has 1 heterocycles. The second kappa shape index (κ2) is 5.37. The van der Waals surface area contributed by atoms with Crippen molar-refractivity contribution in [3.05, 3.63) is 33.4 Å². The number of rotatable bonds is 2. The van der Waals surface area contributed by atoms with Crippen molar-refractivity contribution in [2.45, 2.75) is 6.54 Å². The van der Waals surface area contributed by atoms with Gasteiger partial charge in [-0.2, -0.15) is 11.8 Å². The van der Waals surface area contributed by atoms with Gasteiger partial charge in [-0.25, -0.2) is 0 Å². The summed E-state index contributed by atoms with van der Waals surface area (Å²) in [6.45, 7) is 3.62. The molecule has 14 heavy (non-hydrogen) atoms. The Balaban J connectivity index is 1.92. The van der Waals surface area contributed by atoms with Gasteiger partial charge in [0.25, 0.3) is 0 Å². The second-order valence-corrected chi connectivity index (χ2v) is 5.99. The largest absolute Gasteiger partial charge is 0.297 e. The fourth-order valence-corrected chi connectivity index (χ4v) is 2.95. The molecule has 0 radical (unpaired) electrons. The molecule has 0 N–H and O–H groups in total. The fourth-order valence-electron chi connectivity index (χ4n) is 1.61. The first kappa shape index (κ1) is 10.8. The van der Waals surface area contributed by atoms with E-state index in [0.717, 1.165) is 6.54 Å². The van der Waals surface area contributed by atoms with Crippen LogP contribution in [0.15, 0.2) is 24.3 Å². The van der Waals surface area contributed by atoms with Gasteiger partial charge < -0.3 is 0 Å². The summed E-state index contributed by atoms with van der Waals surface area (Å²) >= 11 is 4.42. The molecule has 0 atom stereocenters. The van der Waals surface area contributed by atoms with Crippen molar-refractivity contribution in [2.75, 3.05) is 24.6 Å². The third-order valence-electron chi connectivity index (χ3n) is 2.42. The van der Waals surface area contributed by atoms with Gasteiger partial charge in [-0.3, -0.25) is 4.90 Å². The number of thioether (sulfide) groups is 1. The van der Waals surface area contributed by atoms with Gasteiger partial charge in [0, 0.05) is 34.7 Å². The molecule has 0 saturated carbocycles. The summed E-state index contributed by atoms with van der Waals surface area (Å²) in [7, 11) is 0. The molecule has 0 amide bonds. The third kappa shape index (κ3) is 3.14. The Kier molecular flexibility index (Phi) is 4.13. The number of hydrogen-bond acceptors (Lipinski definition) is 2. The van der Waals surface area contributed by atoms with Crippen LogP contribution in [0.5, 0.6) is 0 Å². The Morgan fingerprint density at radius 1 is 1.14 bits per heavy atom. The summed E-state index contributed by atoms with van der Waals surface area (Å²) in [6.07, 6.45) is 0. The Labute approximate surface area is 103 Å². The van der Waals surface area contributed by atoms with E-state index in [2.05, 4.69) is 63.5 Å². The highest BCUT2D eigenvalue weighted by molar-refractivity contribution is 14.1. The molecule has 3 heteroatoms. The molecule has 1 nitrogen and oxygen atoms in total. The molecule has 1 saturated heterocycles. The van der Waals surface area contributed by atoms with Crippen LogP contribution in [0.2, 0.25) is 0 Å². The number of benzene rings is 1. The summed E-state index contributed by atoms with van der Waals surface area (Å²) in [4.78, 5) is 2.54. The molecule has 1 aromatic carbocycles. The van der Waals surface area contributed by atoms with Crippen LogP contribution in [0.3, 0.4) is 0 Å². The molecule has 76 valence electrons. The van der Waals surface area contributed by atoms with Gasteiger partial charge in [0.05, 0.1) is 0 Å². The van der Waals surface area contributed by atoms with E-state index in [1.54, 1.807) is 0 Å². The molecular weight excluding hydrogens is 305 g/mol. The molecule has 0 aromatic heterocycles. The Bertz CT molecular complexity index is 280. The zero-order valence-electron chi connectivity index (χ0n) is 8.08. The van der Waals surface area contributed by atoms with Crippen molar-refractivity contribution >= 4 is 34.4 Å². The SMILES string of the molecule is Ic1ccc(CN2CCSCC2)cc1. The lowest BCUT2D eigenvalue weighted by Crippen LogP contribution is -2.31. The summed E-state index contributed by atoms with van der Waals surface area (Å²) in [5, 5.41) is 0. The highest BCUT2D eigenvalue weighted by atomic mass is 127. The molecule has 1 aliphatic heterocycles. The van der Waals surface area contributed by atoms with E-state index >= 15 is 0 Å². The standard InChI is InChI=1S/C11H14INS/c12-11-3-1-10(2-4-11)9-13-5-7-14-8-6-13/h1-4H,5-9H2. The van der Waals surface area contributed by atoms with E-state index in [-0.39, 0.29) is 0 Å². The Hall–Kier alpha value is 0.260. The molecular formula is C11H14INS. The van der Waals surface area contributed by atoms with Gasteiger partial charge in [0.1, 0.15) is 0 Å². The van der Waals surface area contributed by atoms with Crippen molar-refractivity contribution in [1.82, 2.24) is 4.90 Å². The predicted molar refractivity (Wildman–Crippen MR) is 71.8 cm³/mol. The lowest BCUT2D eigenvalue weighted by atomic mass is 10.2. The van der Waals surface area contributed by atoms with Crippen molar-refractivity contribution in [3.63, 3.8) is 0 Å². The highest BCUT2D eigenvalue weighted by Crippen LogP contribution is 2.13.